The van der Waals surface area contributed by atoms with Crippen molar-refractivity contribution >= 4 is 16.7 Å². The summed E-state index contributed by atoms with van der Waals surface area (Å²) in [5.74, 6) is -1.84. The summed E-state index contributed by atoms with van der Waals surface area (Å²) in [5, 5.41) is 5.64. The van der Waals surface area contributed by atoms with Crippen molar-refractivity contribution in [3.05, 3.63) is 75.7 Å². The van der Waals surface area contributed by atoms with E-state index in [-0.39, 0.29) is 17.9 Å². The number of aromatic nitrogens is 2. The molecule has 0 saturated heterocycles. The van der Waals surface area contributed by atoms with Crippen molar-refractivity contribution < 1.29 is 13.6 Å². The topological polar surface area (TPSA) is 64.0 Å². The first-order chi connectivity index (χ1) is 13.0. The number of fused-ring (bicyclic) bond motifs is 1. The van der Waals surface area contributed by atoms with Gasteiger partial charge in [0.1, 0.15) is 11.6 Å². The van der Waals surface area contributed by atoms with Crippen molar-refractivity contribution in [1.29, 1.82) is 0 Å². The van der Waals surface area contributed by atoms with Gasteiger partial charge in [-0.25, -0.2) is 14.2 Å². The van der Waals surface area contributed by atoms with Gasteiger partial charge in [0.25, 0.3) is 5.56 Å². The Morgan fingerprint density at radius 2 is 1.78 bits per heavy atom. The molecule has 0 spiro atoms. The zero-order chi connectivity index (χ0) is 19.0. The van der Waals surface area contributed by atoms with Gasteiger partial charge in [0.15, 0.2) is 0 Å². The summed E-state index contributed by atoms with van der Waals surface area (Å²) in [5.41, 5.74) is 2.97. The molecule has 2 aromatic carbocycles. The number of rotatable bonds is 4. The monoisotopic (exact) mass is 369 g/mol. The second-order valence-corrected chi connectivity index (χ2v) is 6.77. The minimum absolute atomic E-state index is 0.179. The summed E-state index contributed by atoms with van der Waals surface area (Å²) in [7, 11) is 0. The highest BCUT2D eigenvalue weighted by atomic mass is 19.1. The van der Waals surface area contributed by atoms with Crippen LogP contribution in [0.2, 0.25) is 0 Å². The molecule has 1 fully saturated rings. The highest BCUT2D eigenvalue weighted by Crippen LogP contribution is 2.37. The lowest BCUT2D eigenvalue weighted by Crippen LogP contribution is -2.37. The second kappa shape index (κ2) is 6.90. The Hall–Kier alpha value is -3.09. The van der Waals surface area contributed by atoms with Crippen LogP contribution in [0.15, 0.2) is 47.3 Å². The van der Waals surface area contributed by atoms with Crippen LogP contribution in [-0.4, -0.2) is 15.8 Å². The standard InChI is InChI=1S/C20H17F2N3O2/c21-14-8-12(9-15(22)11-14)10-18(26)23-25-20(27)17-7-2-1-6-16(17)19(24-25)13-4-3-5-13/h1-2,6-9,11,13H,3-5,10H2,(H,23,26). The van der Waals surface area contributed by atoms with Crippen molar-refractivity contribution in [1.82, 2.24) is 9.89 Å². The number of nitrogens with zero attached hydrogens (tertiary/aromatic N) is 2. The molecule has 1 aromatic heterocycles. The van der Waals surface area contributed by atoms with Gasteiger partial charge in [-0.05, 0) is 36.6 Å². The summed E-state index contributed by atoms with van der Waals surface area (Å²) < 4.78 is 26.6. The van der Waals surface area contributed by atoms with Gasteiger partial charge in [0, 0.05) is 17.4 Å². The lowest BCUT2D eigenvalue weighted by molar-refractivity contribution is -0.116. The Balaban J connectivity index is 1.66. The quantitative estimate of drug-likeness (QED) is 0.768. The van der Waals surface area contributed by atoms with E-state index in [1.807, 2.05) is 12.1 Å². The molecule has 3 aromatic rings. The average Bonchev–Trinajstić information content (AvgIpc) is 2.56. The summed E-state index contributed by atoms with van der Waals surface area (Å²) in [6, 6.07) is 10.1. The first-order valence-electron chi connectivity index (χ1n) is 8.78. The van der Waals surface area contributed by atoms with E-state index >= 15 is 0 Å². The van der Waals surface area contributed by atoms with E-state index in [1.54, 1.807) is 12.1 Å². The largest absolute Gasteiger partial charge is 0.294 e. The molecule has 1 heterocycles. The van der Waals surface area contributed by atoms with Crippen LogP contribution >= 0.6 is 0 Å². The number of hydrogen-bond donors (Lipinski definition) is 1. The zero-order valence-electron chi connectivity index (χ0n) is 14.4. The molecular formula is C20H17F2N3O2. The number of carbonyl (C=O) groups is 1. The SMILES string of the molecule is O=C(Cc1cc(F)cc(F)c1)Nn1nc(C2CCC2)c2ccccc2c1=O. The van der Waals surface area contributed by atoms with E-state index in [0.29, 0.717) is 5.39 Å². The number of halogens is 2. The second-order valence-electron chi connectivity index (χ2n) is 6.77. The molecule has 4 rings (SSSR count). The van der Waals surface area contributed by atoms with Crippen molar-refractivity contribution in [2.75, 3.05) is 5.43 Å². The Kier molecular flexibility index (Phi) is 4.43. The molecule has 1 aliphatic carbocycles. The van der Waals surface area contributed by atoms with Gasteiger partial charge in [0.05, 0.1) is 17.5 Å². The molecular weight excluding hydrogens is 352 g/mol. The van der Waals surface area contributed by atoms with Crippen LogP contribution in [0.1, 0.15) is 36.4 Å². The normalized spacial score (nSPS) is 14.1. The summed E-state index contributed by atoms with van der Waals surface area (Å²) in [4.78, 5) is 25.9. The first kappa shape index (κ1) is 17.3. The first-order valence-corrected chi connectivity index (χ1v) is 8.78. The molecule has 0 bridgehead atoms. The third-order valence-electron chi connectivity index (χ3n) is 4.84. The fraction of sp³-hybridized carbons (Fsp3) is 0.250. The average molecular weight is 369 g/mol. The highest BCUT2D eigenvalue weighted by molar-refractivity contribution is 5.87. The van der Waals surface area contributed by atoms with Gasteiger partial charge in [-0.2, -0.15) is 5.10 Å². The predicted octanol–water partition coefficient (Wildman–Crippen LogP) is 3.26. The molecule has 0 aliphatic heterocycles. The highest BCUT2D eigenvalue weighted by Gasteiger charge is 2.25. The number of hydrogen-bond acceptors (Lipinski definition) is 3. The van der Waals surface area contributed by atoms with Crippen molar-refractivity contribution in [2.45, 2.75) is 31.6 Å². The Morgan fingerprint density at radius 3 is 2.41 bits per heavy atom. The molecule has 5 nitrogen and oxygen atoms in total. The molecule has 0 radical (unpaired) electrons. The third-order valence-corrected chi connectivity index (χ3v) is 4.84. The van der Waals surface area contributed by atoms with E-state index < -0.39 is 23.1 Å². The van der Waals surface area contributed by atoms with Crippen LogP contribution in [0, 0.1) is 11.6 Å². The van der Waals surface area contributed by atoms with E-state index in [0.717, 1.165) is 53.3 Å². The lowest BCUT2D eigenvalue weighted by atomic mass is 9.81. The Labute approximate surface area is 153 Å². The van der Waals surface area contributed by atoms with E-state index in [2.05, 4.69) is 10.5 Å². The van der Waals surface area contributed by atoms with Gasteiger partial charge < -0.3 is 0 Å². The fourth-order valence-corrected chi connectivity index (χ4v) is 3.33. The number of carbonyl (C=O) groups excluding carboxylic acids is 1. The van der Waals surface area contributed by atoms with Crippen LogP contribution in [0.4, 0.5) is 8.78 Å². The number of benzene rings is 2. The van der Waals surface area contributed by atoms with E-state index in [1.165, 1.54) is 0 Å². The minimum Gasteiger partial charge on any atom is -0.273 e. The number of nitrogens with one attached hydrogen (secondary N) is 1. The van der Waals surface area contributed by atoms with Crippen molar-refractivity contribution in [3.63, 3.8) is 0 Å². The van der Waals surface area contributed by atoms with Gasteiger partial charge >= 0.3 is 0 Å². The minimum atomic E-state index is -0.758. The maximum atomic E-state index is 13.3. The van der Waals surface area contributed by atoms with Gasteiger partial charge in [-0.1, -0.05) is 24.6 Å². The molecule has 0 unspecified atom stereocenters. The van der Waals surface area contributed by atoms with Gasteiger partial charge in [-0.15, -0.1) is 4.79 Å². The maximum absolute atomic E-state index is 13.3. The molecule has 1 N–H and O–H groups in total. The molecule has 1 saturated carbocycles. The molecule has 27 heavy (non-hydrogen) atoms. The van der Waals surface area contributed by atoms with Gasteiger partial charge in [-0.3, -0.25) is 9.59 Å². The van der Waals surface area contributed by atoms with Crippen LogP contribution in [0.5, 0.6) is 0 Å². The summed E-state index contributed by atoms with van der Waals surface area (Å²) >= 11 is 0. The van der Waals surface area contributed by atoms with Crippen molar-refractivity contribution in [3.8, 4) is 0 Å². The third kappa shape index (κ3) is 3.45. The predicted molar refractivity (Wildman–Crippen MR) is 97.0 cm³/mol. The van der Waals surface area contributed by atoms with E-state index in [4.69, 9.17) is 0 Å². The van der Waals surface area contributed by atoms with Crippen LogP contribution in [0.3, 0.4) is 0 Å². The van der Waals surface area contributed by atoms with Crippen LogP contribution < -0.4 is 11.0 Å². The molecule has 138 valence electrons. The molecule has 0 atom stereocenters. The molecule has 1 aliphatic rings. The molecule has 1 amide bonds. The lowest BCUT2D eigenvalue weighted by Gasteiger charge is -2.26. The van der Waals surface area contributed by atoms with Gasteiger partial charge in [0.2, 0.25) is 5.91 Å². The van der Waals surface area contributed by atoms with Crippen LogP contribution in [0.25, 0.3) is 10.8 Å². The van der Waals surface area contributed by atoms with Crippen molar-refractivity contribution in [2.24, 2.45) is 0 Å². The summed E-state index contributed by atoms with van der Waals surface area (Å²) in [6.45, 7) is 0. The number of amides is 1. The fourth-order valence-electron chi connectivity index (χ4n) is 3.33. The Bertz CT molecular complexity index is 1070. The smallest absolute Gasteiger partial charge is 0.273 e. The Morgan fingerprint density at radius 1 is 1.11 bits per heavy atom. The molecule has 7 heteroatoms. The zero-order valence-corrected chi connectivity index (χ0v) is 14.4. The summed E-state index contributed by atoms with van der Waals surface area (Å²) in [6.07, 6.45) is 2.82. The van der Waals surface area contributed by atoms with E-state index in [9.17, 15) is 18.4 Å². The van der Waals surface area contributed by atoms with Crippen LogP contribution in [-0.2, 0) is 11.2 Å². The maximum Gasteiger partial charge on any atom is 0.294 e.